The lowest BCUT2D eigenvalue weighted by molar-refractivity contribution is 0.526. The zero-order chi connectivity index (χ0) is 13.1. The Morgan fingerprint density at radius 2 is 2.11 bits per heavy atom. The Bertz CT molecular complexity index is 571. The molecule has 2 aromatic rings. The van der Waals surface area contributed by atoms with Crippen LogP contribution in [0.1, 0.15) is 33.6 Å². The average Bonchev–Trinajstić information content (AvgIpc) is 2.69. The molecule has 0 bridgehead atoms. The minimum Gasteiger partial charge on any atom is -0.366 e. The largest absolute Gasteiger partial charge is 0.366 e. The van der Waals surface area contributed by atoms with Crippen molar-refractivity contribution in [3.8, 4) is 0 Å². The predicted molar refractivity (Wildman–Crippen MR) is 70.8 cm³/mol. The lowest BCUT2D eigenvalue weighted by Gasteiger charge is -2.15. The Morgan fingerprint density at radius 1 is 1.33 bits per heavy atom. The number of nitrogens with one attached hydrogen (secondary N) is 2. The fourth-order valence-electron chi connectivity index (χ4n) is 1.79. The van der Waals surface area contributed by atoms with E-state index in [4.69, 9.17) is 0 Å². The summed E-state index contributed by atoms with van der Waals surface area (Å²) in [5, 5.41) is 13.7. The van der Waals surface area contributed by atoms with Crippen molar-refractivity contribution in [1.29, 1.82) is 0 Å². The van der Waals surface area contributed by atoms with E-state index in [1.165, 1.54) is 10.9 Å². The number of H-pyrrole nitrogens is 1. The van der Waals surface area contributed by atoms with Crippen LogP contribution in [0.2, 0.25) is 0 Å². The molecule has 0 aromatic carbocycles. The molecule has 1 unspecified atom stereocenters. The van der Waals surface area contributed by atoms with Gasteiger partial charge in [-0.3, -0.25) is 0 Å². The van der Waals surface area contributed by atoms with Crippen LogP contribution in [0.5, 0.6) is 0 Å². The number of hydrogen-bond acceptors (Lipinski definition) is 4. The summed E-state index contributed by atoms with van der Waals surface area (Å²) in [6, 6.07) is 3.93. The van der Waals surface area contributed by atoms with E-state index in [0.717, 1.165) is 6.42 Å². The highest BCUT2D eigenvalue weighted by Crippen LogP contribution is 2.11. The van der Waals surface area contributed by atoms with Crippen LogP contribution in [0.25, 0.3) is 5.65 Å². The average molecular weight is 249 g/mol. The molecule has 0 saturated heterocycles. The van der Waals surface area contributed by atoms with Gasteiger partial charge in [-0.25, -0.2) is 9.89 Å². The van der Waals surface area contributed by atoms with Gasteiger partial charge >= 0.3 is 5.69 Å². The van der Waals surface area contributed by atoms with Gasteiger partial charge in [-0.05, 0) is 37.8 Å². The maximum absolute atomic E-state index is 11.4. The summed E-state index contributed by atoms with van der Waals surface area (Å²) in [5.41, 5.74) is 0.212. The Kier molecular flexibility index (Phi) is 3.64. The van der Waals surface area contributed by atoms with Crippen molar-refractivity contribution in [2.45, 2.75) is 39.7 Å². The summed E-state index contributed by atoms with van der Waals surface area (Å²) < 4.78 is 1.26. The minimum atomic E-state index is -0.316. The maximum Gasteiger partial charge on any atom is 0.364 e. The molecule has 2 aromatic heterocycles. The van der Waals surface area contributed by atoms with Crippen LogP contribution in [0, 0.1) is 5.92 Å². The quantitative estimate of drug-likeness (QED) is 0.845. The van der Waals surface area contributed by atoms with E-state index < -0.39 is 0 Å². The molecule has 0 saturated carbocycles. The first-order chi connectivity index (χ1) is 8.56. The summed E-state index contributed by atoms with van der Waals surface area (Å²) in [6.45, 7) is 6.54. The van der Waals surface area contributed by atoms with Crippen LogP contribution in [0.15, 0.2) is 16.9 Å². The predicted octanol–water partition coefficient (Wildman–Crippen LogP) is 1.65. The van der Waals surface area contributed by atoms with Gasteiger partial charge in [0.1, 0.15) is 5.82 Å². The lowest BCUT2D eigenvalue weighted by Crippen LogP contribution is -2.19. The first-order valence-electron chi connectivity index (χ1n) is 6.27. The normalized spacial score (nSPS) is 13.1. The van der Waals surface area contributed by atoms with Crippen LogP contribution >= 0.6 is 0 Å². The molecule has 1 atom stereocenters. The van der Waals surface area contributed by atoms with Crippen LogP contribution in [0.4, 0.5) is 5.82 Å². The van der Waals surface area contributed by atoms with Gasteiger partial charge in [0, 0.05) is 6.04 Å². The molecule has 2 N–H and O–H groups in total. The van der Waals surface area contributed by atoms with Gasteiger partial charge in [0.05, 0.1) is 0 Å². The van der Waals surface area contributed by atoms with Gasteiger partial charge in [-0.15, -0.1) is 5.10 Å². The highest BCUT2D eigenvalue weighted by molar-refractivity contribution is 5.43. The van der Waals surface area contributed by atoms with Gasteiger partial charge in [-0.1, -0.05) is 13.8 Å². The smallest absolute Gasteiger partial charge is 0.364 e. The minimum absolute atomic E-state index is 0.316. The summed E-state index contributed by atoms with van der Waals surface area (Å²) in [6.07, 6.45) is 2.25. The second-order valence-electron chi connectivity index (χ2n) is 5.03. The van der Waals surface area contributed by atoms with E-state index in [1.54, 1.807) is 6.07 Å². The highest BCUT2D eigenvalue weighted by Gasteiger charge is 2.07. The first-order valence-corrected chi connectivity index (χ1v) is 6.27. The zero-order valence-corrected chi connectivity index (χ0v) is 11.0. The molecule has 0 aliphatic rings. The van der Waals surface area contributed by atoms with Crippen LogP contribution in [-0.2, 0) is 0 Å². The monoisotopic (exact) mass is 249 g/mol. The summed E-state index contributed by atoms with van der Waals surface area (Å²) in [7, 11) is 0. The summed E-state index contributed by atoms with van der Waals surface area (Å²) >= 11 is 0. The molecule has 0 amide bonds. The van der Waals surface area contributed by atoms with Crippen LogP contribution in [-0.4, -0.2) is 25.9 Å². The molecule has 0 aliphatic heterocycles. The van der Waals surface area contributed by atoms with Gasteiger partial charge < -0.3 is 5.32 Å². The summed E-state index contributed by atoms with van der Waals surface area (Å²) in [4.78, 5) is 11.4. The molecule has 98 valence electrons. The fourth-order valence-corrected chi connectivity index (χ4v) is 1.79. The molecular weight excluding hydrogens is 230 g/mol. The van der Waals surface area contributed by atoms with E-state index in [1.807, 2.05) is 6.07 Å². The fraction of sp³-hybridized carbons (Fsp3) is 0.583. The van der Waals surface area contributed by atoms with Crippen molar-refractivity contribution < 1.29 is 0 Å². The first kappa shape index (κ1) is 12.6. The Balaban J connectivity index is 2.07. The molecule has 2 heterocycles. The SMILES string of the molecule is CC(C)CCC(C)Nc1ccc2n[nH]c(=O)n2n1. The van der Waals surface area contributed by atoms with E-state index in [2.05, 4.69) is 41.4 Å². The number of rotatable bonds is 5. The Hall–Kier alpha value is -1.85. The van der Waals surface area contributed by atoms with E-state index in [9.17, 15) is 4.79 Å². The topological polar surface area (TPSA) is 75.1 Å². The van der Waals surface area contributed by atoms with Gasteiger partial charge in [0.25, 0.3) is 0 Å². The number of fused-ring (bicyclic) bond motifs is 1. The molecule has 0 aliphatic carbocycles. The third-order valence-electron chi connectivity index (χ3n) is 2.84. The molecular formula is C12H19N5O. The molecule has 6 nitrogen and oxygen atoms in total. The van der Waals surface area contributed by atoms with Crippen molar-refractivity contribution in [3.63, 3.8) is 0 Å². The second-order valence-corrected chi connectivity index (χ2v) is 5.03. The maximum atomic E-state index is 11.4. The second kappa shape index (κ2) is 5.20. The number of aromatic amines is 1. The van der Waals surface area contributed by atoms with Crippen LogP contribution < -0.4 is 11.0 Å². The molecule has 0 radical (unpaired) electrons. The number of hydrogen-bond donors (Lipinski definition) is 2. The molecule has 18 heavy (non-hydrogen) atoms. The van der Waals surface area contributed by atoms with Crippen molar-refractivity contribution in [3.05, 3.63) is 22.6 Å². The number of anilines is 1. The van der Waals surface area contributed by atoms with Gasteiger partial charge in [-0.2, -0.15) is 9.61 Å². The van der Waals surface area contributed by atoms with Crippen LogP contribution in [0.3, 0.4) is 0 Å². The number of nitrogens with zero attached hydrogens (tertiary/aromatic N) is 3. The van der Waals surface area contributed by atoms with Gasteiger partial charge in [0.15, 0.2) is 5.65 Å². The highest BCUT2D eigenvalue weighted by atomic mass is 16.2. The summed E-state index contributed by atoms with van der Waals surface area (Å²) in [5.74, 6) is 1.39. The van der Waals surface area contributed by atoms with E-state index >= 15 is 0 Å². The Morgan fingerprint density at radius 3 is 2.83 bits per heavy atom. The zero-order valence-electron chi connectivity index (χ0n) is 11.0. The van der Waals surface area contributed by atoms with E-state index in [-0.39, 0.29) is 5.69 Å². The Labute approximate surface area is 105 Å². The van der Waals surface area contributed by atoms with Crippen molar-refractivity contribution in [2.24, 2.45) is 5.92 Å². The third-order valence-corrected chi connectivity index (χ3v) is 2.84. The van der Waals surface area contributed by atoms with Crippen molar-refractivity contribution >= 4 is 11.5 Å². The molecule has 0 spiro atoms. The molecule has 6 heteroatoms. The lowest BCUT2D eigenvalue weighted by atomic mass is 10.0. The number of aromatic nitrogens is 4. The standard InChI is InChI=1S/C12H19N5O/c1-8(2)4-5-9(3)13-10-6-7-11-14-15-12(18)17(11)16-10/h6-9H,4-5H2,1-3H3,(H,13,16)(H,15,18). The van der Waals surface area contributed by atoms with Gasteiger partial charge in [0.2, 0.25) is 0 Å². The third kappa shape index (κ3) is 2.88. The van der Waals surface area contributed by atoms with E-state index in [0.29, 0.717) is 23.4 Å². The van der Waals surface area contributed by atoms with Crippen molar-refractivity contribution in [1.82, 2.24) is 19.8 Å². The molecule has 0 fully saturated rings. The molecule has 2 rings (SSSR count). The van der Waals surface area contributed by atoms with Crippen molar-refractivity contribution in [2.75, 3.05) is 5.32 Å².